The van der Waals surface area contributed by atoms with Crippen LogP contribution in [0.3, 0.4) is 0 Å². The van der Waals surface area contributed by atoms with Crippen molar-refractivity contribution >= 4 is 11.7 Å². The number of rotatable bonds is 4. The number of aromatic nitrogens is 1. The highest BCUT2D eigenvalue weighted by Gasteiger charge is 2.19. The van der Waals surface area contributed by atoms with E-state index in [9.17, 15) is 4.79 Å². The van der Waals surface area contributed by atoms with Gasteiger partial charge in [-0.15, -0.1) is 0 Å². The van der Waals surface area contributed by atoms with E-state index in [1.54, 1.807) is 0 Å². The highest BCUT2D eigenvalue weighted by atomic mass is 16.1. The van der Waals surface area contributed by atoms with Gasteiger partial charge in [0.2, 0.25) is 0 Å². The quantitative estimate of drug-likeness (QED) is 0.810. The minimum atomic E-state index is -0.422. The summed E-state index contributed by atoms with van der Waals surface area (Å²) in [5.74, 6) is 0.239. The lowest BCUT2D eigenvalue weighted by Crippen LogP contribution is -2.29. The Balaban J connectivity index is 2.45. The predicted octanol–water partition coefficient (Wildman–Crippen LogP) is 0.454. The molecular weight excluding hydrogens is 228 g/mol. The zero-order valence-electron chi connectivity index (χ0n) is 10.8. The van der Waals surface area contributed by atoms with E-state index in [4.69, 9.17) is 11.5 Å². The molecule has 0 saturated carbocycles. The molecule has 0 aliphatic heterocycles. The molecule has 0 bridgehead atoms. The smallest absolute Gasteiger partial charge is 0.252 e. The second kappa shape index (κ2) is 5.35. The molecule has 0 aromatic carbocycles. The van der Waals surface area contributed by atoms with Crippen LogP contribution in [-0.4, -0.2) is 31.0 Å². The van der Waals surface area contributed by atoms with Crippen molar-refractivity contribution in [1.29, 1.82) is 0 Å². The van der Waals surface area contributed by atoms with Gasteiger partial charge in [0, 0.05) is 25.8 Å². The number of nitrogens with zero attached hydrogens (tertiary/aromatic N) is 2. The number of fused-ring (bicyclic) bond motifs is 1. The van der Waals surface area contributed by atoms with Crippen molar-refractivity contribution in [3.05, 3.63) is 22.9 Å². The van der Waals surface area contributed by atoms with Gasteiger partial charge in [0.05, 0.1) is 5.56 Å². The van der Waals surface area contributed by atoms with Crippen LogP contribution in [0.15, 0.2) is 6.07 Å². The van der Waals surface area contributed by atoms with Gasteiger partial charge in [-0.1, -0.05) is 0 Å². The summed E-state index contributed by atoms with van der Waals surface area (Å²) in [6, 6.07) is 1.91. The van der Waals surface area contributed by atoms with Crippen molar-refractivity contribution < 1.29 is 4.79 Å². The molecule has 0 unspecified atom stereocenters. The first-order valence-electron chi connectivity index (χ1n) is 6.37. The third-order valence-corrected chi connectivity index (χ3v) is 3.37. The first-order valence-corrected chi connectivity index (χ1v) is 6.37. The Bertz CT molecular complexity index is 459. The highest BCUT2D eigenvalue weighted by molar-refractivity contribution is 5.98. The molecule has 0 spiro atoms. The Kier molecular flexibility index (Phi) is 3.81. The average molecular weight is 248 g/mol. The molecule has 1 aliphatic carbocycles. The minimum absolute atomic E-state index is 0.422. The van der Waals surface area contributed by atoms with E-state index in [2.05, 4.69) is 4.98 Å². The zero-order chi connectivity index (χ0) is 13.1. The number of primary amides is 1. The van der Waals surface area contributed by atoms with E-state index < -0.39 is 5.91 Å². The summed E-state index contributed by atoms with van der Waals surface area (Å²) in [6.45, 7) is 1.18. The van der Waals surface area contributed by atoms with Crippen molar-refractivity contribution in [3.8, 4) is 0 Å². The largest absolute Gasteiger partial charge is 0.365 e. The van der Waals surface area contributed by atoms with Crippen molar-refractivity contribution in [1.82, 2.24) is 4.98 Å². The molecule has 1 amide bonds. The molecule has 5 heteroatoms. The maximum absolute atomic E-state index is 11.5. The van der Waals surface area contributed by atoms with Crippen LogP contribution >= 0.6 is 0 Å². The second-order valence-electron chi connectivity index (χ2n) is 4.75. The number of aryl methyl sites for hydroxylation is 2. The summed E-state index contributed by atoms with van der Waals surface area (Å²) in [7, 11) is 1.89. The molecular formula is C13H20N4O. The number of hydrogen-bond donors (Lipinski definition) is 2. The minimum Gasteiger partial charge on any atom is -0.365 e. The fourth-order valence-corrected chi connectivity index (χ4v) is 2.39. The van der Waals surface area contributed by atoms with Crippen molar-refractivity contribution in [2.45, 2.75) is 25.7 Å². The Morgan fingerprint density at radius 1 is 1.44 bits per heavy atom. The molecule has 1 aromatic heterocycles. The first kappa shape index (κ1) is 12.8. The number of carbonyl (C=O) groups excluding carboxylic acids is 1. The first-order chi connectivity index (χ1) is 8.63. The highest BCUT2D eigenvalue weighted by Crippen LogP contribution is 2.26. The van der Waals surface area contributed by atoms with Gasteiger partial charge in [0.15, 0.2) is 0 Å². The summed E-state index contributed by atoms with van der Waals surface area (Å²) in [5.41, 5.74) is 13.8. The van der Waals surface area contributed by atoms with Crippen LogP contribution in [0.2, 0.25) is 0 Å². The summed E-state index contributed by atoms with van der Waals surface area (Å²) < 4.78 is 0. The molecule has 1 heterocycles. The molecule has 4 N–H and O–H groups in total. The van der Waals surface area contributed by atoms with Crippen LogP contribution in [0.25, 0.3) is 0 Å². The standard InChI is InChI=1S/C13H20N4O/c1-17(7-6-14)13-10(12(15)18)8-9-4-2-3-5-11(9)16-13/h8H,2-7,14H2,1H3,(H2,15,18). The monoisotopic (exact) mass is 248 g/mol. The number of amides is 1. The normalized spacial score (nSPS) is 14.1. The topological polar surface area (TPSA) is 85.2 Å². The molecule has 0 fully saturated rings. The third-order valence-electron chi connectivity index (χ3n) is 3.37. The molecule has 1 aliphatic rings. The second-order valence-corrected chi connectivity index (χ2v) is 4.75. The van der Waals surface area contributed by atoms with Crippen LogP contribution in [-0.2, 0) is 12.8 Å². The Hall–Kier alpha value is -1.62. The number of hydrogen-bond acceptors (Lipinski definition) is 4. The fourth-order valence-electron chi connectivity index (χ4n) is 2.39. The molecule has 5 nitrogen and oxygen atoms in total. The number of pyridine rings is 1. The van der Waals surface area contributed by atoms with Gasteiger partial charge in [0.25, 0.3) is 5.91 Å². The zero-order valence-corrected chi connectivity index (χ0v) is 10.8. The molecule has 1 aromatic rings. The lowest BCUT2D eigenvalue weighted by molar-refractivity contribution is 0.100. The lowest BCUT2D eigenvalue weighted by Gasteiger charge is -2.23. The number of carbonyl (C=O) groups is 1. The van der Waals surface area contributed by atoms with Gasteiger partial charge in [-0.2, -0.15) is 0 Å². The fraction of sp³-hybridized carbons (Fsp3) is 0.538. The number of anilines is 1. The van der Waals surface area contributed by atoms with E-state index in [1.807, 2.05) is 18.0 Å². The maximum atomic E-state index is 11.5. The van der Waals surface area contributed by atoms with E-state index in [-0.39, 0.29) is 0 Å². The van der Waals surface area contributed by atoms with Crippen LogP contribution in [0.1, 0.15) is 34.5 Å². The van der Waals surface area contributed by atoms with Crippen molar-refractivity contribution in [2.24, 2.45) is 11.5 Å². The Labute approximate surface area is 107 Å². The van der Waals surface area contributed by atoms with Crippen molar-refractivity contribution in [2.75, 3.05) is 25.0 Å². The summed E-state index contributed by atoms with van der Waals surface area (Å²) in [5, 5.41) is 0. The molecule has 98 valence electrons. The van der Waals surface area contributed by atoms with Crippen LogP contribution in [0, 0.1) is 0 Å². The lowest BCUT2D eigenvalue weighted by atomic mass is 9.94. The summed E-state index contributed by atoms with van der Waals surface area (Å²) in [4.78, 5) is 18.1. The number of nitrogens with two attached hydrogens (primary N) is 2. The van der Waals surface area contributed by atoms with Crippen LogP contribution in [0.5, 0.6) is 0 Å². The van der Waals surface area contributed by atoms with Crippen LogP contribution < -0.4 is 16.4 Å². The van der Waals surface area contributed by atoms with Gasteiger partial charge in [0.1, 0.15) is 5.82 Å². The number of likely N-dealkylation sites (N-methyl/N-ethyl adjacent to an activating group) is 1. The average Bonchev–Trinajstić information content (AvgIpc) is 2.37. The molecule has 0 radical (unpaired) electrons. The van der Waals surface area contributed by atoms with E-state index >= 15 is 0 Å². The molecule has 18 heavy (non-hydrogen) atoms. The van der Waals surface area contributed by atoms with Crippen LogP contribution in [0.4, 0.5) is 5.82 Å². The molecule has 2 rings (SSSR count). The van der Waals surface area contributed by atoms with Gasteiger partial charge in [-0.05, 0) is 37.3 Å². The van der Waals surface area contributed by atoms with Gasteiger partial charge in [-0.3, -0.25) is 4.79 Å². The van der Waals surface area contributed by atoms with E-state index in [0.717, 1.165) is 31.4 Å². The van der Waals surface area contributed by atoms with E-state index in [0.29, 0.717) is 24.5 Å². The van der Waals surface area contributed by atoms with Crippen molar-refractivity contribution in [3.63, 3.8) is 0 Å². The van der Waals surface area contributed by atoms with E-state index in [1.165, 1.54) is 5.56 Å². The van der Waals surface area contributed by atoms with Gasteiger partial charge in [-0.25, -0.2) is 4.98 Å². The van der Waals surface area contributed by atoms with Gasteiger partial charge >= 0.3 is 0 Å². The van der Waals surface area contributed by atoms with Gasteiger partial charge < -0.3 is 16.4 Å². The maximum Gasteiger partial charge on any atom is 0.252 e. The molecule has 0 atom stereocenters. The summed E-state index contributed by atoms with van der Waals surface area (Å²) >= 11 is 0. The summed E-state index contributed by atoms with van der Waals surface area (Å²) in [6.07, 6.45) is 4.29. The third kappa shape index (κ3) is 2.46. The Morgan fingerprint density at radius 2 is 2.17 bits per heavy atom. The molecule has 0 saturated heterocycles. The Morgan fingerprint density at radius 3 is 2.83 bits per heavy atom. The SMILES string of the molecule is CN(CCN)c1nc2c(cc1C(N)=O)CCCC2. The predicted molar refractivity (Wildman–Crippen MR) is 71.7 cm³/mol.